The first-order valence-electron chi connectivity index (χ1n) is 6.82. The van der Waals surface area contributed by atoms with Crippen LogP contribution >= 0.6 is 15.9 Å². The highest BCUT2D eigenvalue weighted by Gasteiger charge is 2.39. The maximum atomic E-state index is 12.7. The summed E-state index contributed by atoms with van der Waals surface area (Å²) in [6, 6.07) is 7.34. The summed E-state index contributed by atoms with van der Waals surface area (Å²) in [5.41, 5.74) is 0.457. The van der Waals surface area contributed by atoms with E-state index in [1.165, 1.54) is 0 Å². The molecule has 1 fully saturated rings. The second-order valence-corrected chi connectivity index (χ2v) is 6.13. The molecule has 2 N–H and O–H groups in total. The Kier molecular flexibility index (Phi) is 5.34. The lowest BCUT2D eigenvalue weighted by Gasteiger charge is -2.35. The van der Waals surface area contributed by atoms with Gasteiger partial charge in [0.2, 0.25) is 5.91 Å². The van der Waals surface area contributed by atoms with Crippen LogP contribution < -0.4 is 10.6 Å². The number of nitrogens with zero attached hydrogens (tertiary/aromatic N) is 1. The molecule has 1 amide bonds. The summed E-state index contributed by atoms with van der Waals surface area (Å²) in [6.45, 7) is 1.98. The Morgan fingerprint density at radius 3 is 2.86 bits per heavy atom. The number of amides is 1. The second-order valence-electron chi connectivity index (χ2n) is 5.22. The van der Waals surface area contributed by atoms with E-state index in [1.54, 1.807) is 19.2 Å². The van der Waals surface area contributed by atoms with Crippen LogP contribution in [0.3, 0.4) is 0 Å². The average Bonchev–Trinajstić information content (AvgIpc) is 2.50. The summed E-state index contributed by atoms with van der Waals surface area (Å²) in [5.74, 6) is -0.0790. The van der Waals surface area contributed by atoms with E-state index in [0.717, 1.165) is 30.4 Å². The van der Waals surface area contributed by atoms with E-state index < -0.39 is 5.41 Å². The van der Waals surface area contributed by atoms with Gasteiger partial charge < -0.3 is 15.4 Å². The molecule has 1 aliphatic heterocycles. The van der Waals surface area contributed by atoms with Crippen LogP contribution in [0.2, 0.25) is 0 Å². The molecule has 1 aliphatic rings. The lowest BCUT2D eigenvalue weighted by Crippen LogP contribution is -2.47. The Morgan fingerprint density at radius 2 is 2.24 bits per heavy atom. The first-order valence-corrected chi connectivity index (χ1v) is 7.61. The molecule has 112 valence electrons. The molecule has 5 nitrogen and oxygen atoms in total. The number of nitriles is 1. The Morgan fingerprint density at radius 1 is 1.52 bits per heavy atom. The number of rotatable bonds is 4. The first-order chi connectivity index (χ1) is 10.1. The van der Waals surface area contributed by atoms with Crippen molar-refractivity contribution in [3.05, 3.63) is 28.2 Å². The average molecular weight is 352 g/mol. The number of anilines is 1. The highest BCUT2D eigenvalue weighted by atomic mass is 79.9. The number of methoxy groups -OCH3 is 1. The minimum absolute atomic E-state index is 0.0790. The number of hydrogen-bond donors (Lipinski definition) is 2. The van der Waals surface area contributed by atoms with Crippen LogP contribution in [0.5, 0.6) is 0 Å². The predicted molar refractivity (Wildman–Crippen MR) is 83.9 cm³/mol. The maximum Gasteiger partial charge on any atom is 0.233 e. The fourth-order valence-electron chi connectivity index (χ4n) is 2.59. The van der Waals surface area contributed by atoms with Crippen molar-refractivity contribution < 1.29 is 9.53 Å². The standard InChI is InChI=1S/C15H18BrN3O2/c1-21-10-15(4-6-18-7-5-15)14(20)19-13-3-2-12(16)8-11(13)9-17/h2-3,8,18H,4-7,10H2,1H3,(H,19,20). The molecular formula is C15H18BrN3O2. The number of carbonyl (C=O) groups excluding carboxylic acids is 1. The number of carbonyl (C=O) groups is 1. The van der Waals surface area contributed by atoms with Gasteiger partial charge in [-0.15, -0.1) is 0 Å². The van der Waals surface area contributed by atoms with Gasteiger partial charge in [-0.1, -0.05) is 15.9 Å². The van der Waals surface area contributed by atoms with Crippen molar-refractivity contribution in [2.24, 2.45) is 5.41 Å². The Hall–Kier alpha value is -1.42. The van der Waals surface area contributed by atoms with Crippen molar-refractivity contribution in [2.75, 3.05) is 32.1 Å². The molecule has 6 heteroatoms. The quantitative estimate of drug-likeness (QED) is 0.872. The van der Waals surface area contributed by atoms with Crippen molar-refractivity contribution in [2.45, 2.75) is 12.8 Å². The summed E-state index contributed by atoms with van der Waals surface area (Å²) in [7, 11) is 1.61. The van der Waals surface area contributed by atoms with Crippen molar-refractivity contribution in [3.8, 4) is 6.07 Å². The van der Waals surface area contributed by atoms with Crippen molar-refractivity contribution in [1.82, 2.24) is 5.32 Å². The SMILES string of the molecule is COCC1(C(=O)Nc2ccc(Br)cc2C#N)CCNCC1. The molecule has 1 aromatic carbocycles. The molecule has 1 saturated heterocycles. The van der Waals surface area contributed by atoms with Crippen molar-refractivity contribution in [3.63, 3.8) is 0 Å². The highest BCUT2D eigenvalue weighted by molar-refractivity contribution is 9.10. The number of halogens is 1. The number of hydrogen-bond acceptors (Lipinski definition) is 4. The minimum Gasteiger partial charge on any atom is -0.384 e. The molecule has 0 aromatic heterocycles. The molecule has 1 aromatic rings. The maximum absolute atomic E-state index is 12.7. The van der Waals surface area contributed by atoms with Crippen molar-refractivity contribution >= 4 is 27.5 Å². The lowest BCUT2D eigenvalue weighted by molar-refractivity contribution is -0.130. The largest absolute Gasteiger partial charge is 0.384 e. The molecule has 0 bridgehead atoms. The third-order valence-corrected chi connectivity index (χ3v) is 4.31. The first kappa shape index (κ1) is 16.0. The highest BCUT2D eigenvalue weighted by Crippen LogP contribution is 2.31. The van der Waals surface area contributed by atoms with Gasteiger partial charge in [-0.25, -0.2) is 0 Å². The number of ether oxygens (including phenoxy) is 1. The van der Waals surface area contributed by atoms with Gasteiger partial charge in [-0.05, 0) is 44.1 Å². The summed E-state index contributed by atoms with van der Waals surface area (Å²) in [6.07, 6.45) is 1.45. The van der Waals surface area contributed by atoms with Gasteiger partial charge in [0.05, 0.1) is 23.3 Å². The minimum atomic E-state index is -0.528. The summed E-state index contributed by atoms with van der Waals surface area (Å²) in [5, 5.41) is 15.3. The zero-order chi connectivity index (χ0) is 15.3. The second kappa shape index (κ2) is 7.03. The van der Waals surface area contributed by atoms with Crippen molar-refractivity contribution in [1.29, 1.82) is 5.26 Å². The molecule has 0 saturated carbocycles. The monoisotopic (exact) mass is 351 g/mol. The third kappa shape index (κ3) is 3.62. The van der Waals surface area contributed by atoms with Gasteiger partial charge in [0, 0.05) is 11.6 Å². The smallest absolute Gasteiger partial charge is 0.233 e. The Labute approximate surface area is 132 Å². The van der Waals surface area contributed by atoms with E-state index in [2.05, 4.69) is 32.6 Å². The summed E-state index contributed by atoms with van der Waals surface area (Å²) in [4.78, 5) is 12.7. The van der Waals surface area contributed by atoms with Crippen LogP contribution in [0.25, 0.3) is 0 Å². The van der Waals surface area contributed by atoms with E-state index in [1.807, 2.05) is 6.07 Å². The normalized spacial score (nSPS) is 17.0. The van der Waals surface area contributed by atoms with E-state index >= 15 is 0 Å². The van der Waals surface area contributed by atoms with Gasteiger partial charge in [0.25, 0.3) is 0 Å². The number of benzene rings is 1. The van der Waals surface area contributed by atoms with Crippen LogP contribution in [-0.2, 0) is 9.53 Å². The number of nitrogens with one attached hydrogen (secondary N) is 2. The van der Waals surface area contributed by atoms with Gasteiger partial charge in [-0.3, -0.25) is 4.79 Å². The molecule has 0 aliphatic carbocycles. The third-order valence-electron chi connectivity index (χ3n) is 3.81. The zero-order valence-corrected chi connectivity index (χ0v) is 13.5. The molecule has 2 rings (SSSR count). The predicted octanol–water partition coefficient (Wildman–Crippen LogP) is 2.28. The Balaban J connectivity index is 2.21. The van der Waals surface area contributed by atoms with Gasteiger partial charge >= 0.3 is 0 Å². The van der Waals surface area contributed by atoms with E-state index in [0.29, 0.717) is 17.9 Å². The van der Waals surface area contributed by atoms with Gasteiger partial charge in [0.15, 0.2) is 0 Å². The van der Waals surface area contributed by atoms with Crippen LogP contribution in [0.4, 0.5) is 5.69 Å². The van der Waals surface area contributed by atoms with Crippen LogP contribution in [0, 0.1) is 16.7 Å². The van der Waals surface area contributed by atoms with Gasteiger partial charge in [0.1, 0.15) is 6.07 Å². The van der Waals surface area contributed by atoms with Crippen LogP contribution in [-0.4, -0.2) is 32.7 Å². The summed E-state index contributed by atoms with van der Waals surface area (Å²) >= 11 is 3.32. The lowest BCUT2D eigenvalue weighted by atomic mass is 9.78. The number of piperidine rings is 1. The Bertz CT molecular complexity index is 557. The molecule has 1 heterocycles. The molecule has 0 radical (unpaired) electrons. The molecule has 21 heavy (non-hydrogen) atoms. The molecule has 0 spiro atoms. The topological polar surface area (TPSA) is 74.1 Å². The molecule has 0 atom stereocenters. The fraction of sp³-hybridized carbons (Fsp3) is 0.467. The van der Waals surface area contributed by atoms with Crippen LogP contribution in [0.1, 0.15) is 18.4 Å². The molecule has 0 unspecified atom stereocenters. The zero-order valence-electron chi connectivity index (χ0n) is 11.9. The molecular weight excluding hydrogens is 334 g/mol. The van der Waals surface area contributed by atoms with Crippen LogP contribution in [0.15, 0.2) is 22.7 Å². The van der Waals surface area contributed by atoms with E-state index in [9.17, 15) is 10.1 Å². The fourth-order valence-corrected chi connectivity index (χ4v) is 2.95. The van der Waals surface area contributed by atoms with E-state index in [4.69, 9.17) is 4.74 Å². The van der Waals surface area contributed by atoms with E-state index in [-0.39, 0.29) is 5.91 Å². The summed E-state index contributed by atoms with van der Waals surface area (Å²) < 4.78 is 6.07. The van der Waals surface area contributed by atoms with Gasteiger partial charge in [-0.2, -0.15) is 5.26 Å².